The molecule has 9 heteroatoms. The van der Waals surface area contributed by atoms with Gasteiger partial charge in [-0.05, 0) is 36.2 Å². The van der Waals surface area contributed by atoms with Crippen LogP contribution in [-0.2, 0) is 27.4 Å². The molecule has 1 N–H and O–H groups in total. The van der Waals surface area contributed by atoms with Gasteiger partial charge in [0.15, 0.2) is 0 Å². The molecule has 0 heterocycles. The Morgan fingerprint density at radius 3 is 2.27 bits per heavy atom. The maximum Gasteiger partial charge on any atom is 0.417 e. The zero-order chi connectivity index (χ0) is 19.4. The van der Waals surface area contributed by atoms with Crippen molar-refractivity contribution in [2.45, 2.75) is 17.5 Å². The lowest BCUT2D eigenvalue weighted by atomic mass is 10.1. The Bertz CT molecular complexity index is 878. The Labute approximate surface area is 148 Å². The third kappa shape index (κ3) is 4.83. The molecule has 0 fully saturated rings. The molecule has 2 rings (SSSR count). The van der Waals surface area contributed by atoms with Crippen molar-refractivity contribution in [3.63, 3.8) is 0 Å². The molecule has 26 heavy (non-hydrogen) atoms. The highest BCUT2D eigenvalue weighted by Crippen LogP contribution is 2.33. The number of halogens is 3. The van der Waals surface area contributed by atoms with Crippen LogP contribution in [0.3, 0.4) is 0 Å². The van der Waals surface area contributed by atoms with Crippen molar-refractivity contribution in [2.75, 3.05) is 13.7 Å². The van der Waals surface area contributed by atoms with Gasteiger partial charge < -0.3 is 4.74 Å². The fraction of sp³-hybridized carbons (Fsp3) is 0.235. The van der Waals surface area contributed by atoms with Crippen molar-refractivity contribution >= 4 is 16.0 Å². The van der Waals surface area contributed by atoms with Gasteiger partial charge in [-0.15, -0.1) is 0 Å². The first-order chi connectivity index (χ1) is 12.1. The van der Waals surface area contributed by atoms with E-state index in [0.29, 0.717) is 11.1 Å². The predicted octanol–water partition coefficient (Wildman–Crippen LogP) is 3.01. The Morgan fingerprint density at radius 1 is 1.08 bits per heavy atom. The lowest BCUT2D eigenvalue weighted by Gasteiger charge is -2.13. The number of ether oxygens (including phenoxy) is 1. The molecule has 0 unspecified atom stereocenters. The number of carbonyl (C=O) groups excluding carboxylic acids is 1. The van der Waals surface area contributed by atoms with Gasteiger partial charge in [-0.2, -0.15) is 13.2 Å². The topological polar surface area (TPSA) is 72.5 Å². The van der Waals surface area contributed by atoms with Gasteiger partial charge in [0, 0.05) is 6.54 Å². The number of nitrogens with one attached hydrogen (secondary N) is 1. The molecule has 140 valence electrons. The van der Waals surface area contributed by atoms with Gasteiger partial charge in [0.1, 0.15) is 0 Å². The number of alkyl halides is 3. The Morgan fingerprint density at radius 2 is 1.69 bits per heavy atom. The summed E-state index contributed by atoms with van der Waals surface area (Å²) in [6, 6.07) is 10.3. The normalized spacial score (nSPS) is 12.0. The largest absolute Gasteiger partial charge is 0.465 e. The number of methoxy groups -OCH3 is 1. The minimum Gasteiger partial charge on any atom is -0.465 e. The fourth-order valence-electron chi connectivity index (χ4n) is 2.27. The minimum absolute atomic E-state index is 0.0912. The number of carbonyl (C=O) groups is 1. The Hall–Kier alpha value is -2.39. The van der Waals surface area contributed by atoms with E-state index in [1.165, 1.54) is 25.3 Å². The Balaban J connectivity index is 2.07. The molecule has 5 nitrogen and oxygen atoms in total. The van der Waals surface area contributed by atoms with Crippen LogP contribution < -0.4 is 4.72 Å². The SMILES string of the molecule is COC(=O)c1ccc(CCNS(=O)(=O)c2ccccc2C(F)(F)F)cc1. The van der Waals surface area contributed by atoms with E-state index in [4.69, 9.17) is 0 Å². The molecule has 2 aromatic carbocycles. The first kappa shape index (κ1) is 19.9. The second kappa shape index (κ2) is 7.88. The summed E-state index contributed by atoms with van der Waals surface area (Å²) < 4.78 is 70.0. The van der Waals surface area contributed by atoms with Crippen molar-refractivity contribution in [1.29, 1.82) is 0 Å². The molecule has 0 saturated heterocycles. The molecule has 2 aromatic rings. The van der Waals surface area contributed by atoms with Crippen molar-refractivity contribution in [3.05, 3.63) is 65.2 Å². The van der Waals surface area contributed by atoms with Crippen LogP contribution in [0.4, 0.5) is 13.2 Å². The summed E-state index contributed by atoms with van der Waals surface area (Å²) in [4.78, 5) is 10.5. The molecule has 0 aliphatic carbocycles. The molecule has 0 aliphatic heterocycles. The fourth-order valence-corrected chi connectivity index (χ4v) is 3.53. The van der Waals surface area contributed by atoms with E-state index in [1.807, 2.05) is 0 Å². The summed E-state index contributed by atoms with van der Waals surface area (Å²) in [7, 11) is -3.06. The second-order valence-corrected chi connectivity index (χ2v) is 7.07. The summed E-state index contributed by atoms with van der Waals surface area (Å²) in [5, 5.41) is 0. The van der Waals surface area contributed by atoms with Crippen LogP contribution in [0.2, 0.25) is 0 Å². The van der Waals surface area contributed by atoms with Crippen molar-refractivity contribution < 1.29 is 31.1 Å². The molecular formula is C17H16F3NO4S. The van der Waals surface area contributed by atoms with Gasteiger partial charge in [-0.25, -0.2) is 17.9 Å². The van der Waals surface area contributed by atoms with Crippen LogP contribution in [0.25, 0.3) is 0 Å². The minimum atomic E-state index is -4.77. The van der Waals surface area contributed by atoms with Crippen molar-refractivity contribution in [1.82, 2.24) is 4.72 Å². The standard InChI is InChI=1S/C17H16F3NO4S/c1-25-16(22)13-8-6-12(7-9-13)10-11-21-26(23,24)15-5-3-2-4-14(15)17(18,19)20/h2-9,21H,10-11H2,1H3. The molecule has 0 amide bonds. The second-order valence-electron chi connectivity index (χ2n) is 5.33. The quantitative estimate of drug-likeness (QED) is 0.774. The van der Waals surface area contributed by atoms with Gasteiger partial charge in [-0.1, -0.05) is 24.3 Å². The third-order valence-corrected chi connectivity index (χ3v) is 5.08. The number of rotatable bonds is 6. The van der Waals surface area contributed by atoms with Crippen LogP contribution in [0.5, 0.6) is 0 Å². The average Bonchev–Trinajstić information content (AvgIpc) is 2.61. The van der Waals surface area contributed by atoms with Crippen LogP contribution in [0, 0.1) is 0 Å². The summed E-state index contributed by atoms with van der Waals surface area (Å²) >= 11 is 0. The highest BCUT2D eigenvalue weighted by Gasteiger charge is 2.36. The molecule has 0 aliphatic rings. The van der Waals surface area contributed by atoms with Crippen LogP contribution in [0.1, 0.15) is 21.5 Å². The van der Waals surface area contributed by atoms with Gasteiger partial charge in [-0.3, -0.25) is 0 Å². The van der Waals surface area contributed by atoms with E-state index in [9.17, 15) is 26.4 Å². The van der Waals surface area contributed by atoms with Crippen LogP contribution in [-0.4, -0.2) is 28.0 Å². The zero-order valence-electron chi connectivity index (χ0n) is 13.7. The van der Waals surface area contributed by atoms with E-state index in [2.05, 4.69) is 9.46 Å². The zero-order valence-corrected chi connectivity index (χ0v) is 14.5. The summed E-state index contributed by atoms with van der Waals surface area (Å²) in [6.07, 6.45) is -4.52. The number of benzene rings is 2. The van der Waals surface area contributed by atoms with Crippen LogP contribution >= 0.6 is 0 Å². The monoisotopic (exact) mass is 387 g/mol. The van der Waals surface area contributed by atoms with Gasteiger partial charge in [0.25, 0.3) is 0 Å². The van der Waals surface area contributed by atoms with E-state index >= 15 is 0 Å². The van der Waals surface area contributed by atoms with Gasteiger partial charge in [0.2, 0.25) is 10.0 Å². The van der Waals surface area contributed by atoms with E-state index in [0.717, 1.165) is 18.2 Å². The maximum absolute atomic E-state index is 13.0. The van der Waals surface area contributed by atoms with Gasteiger partial charge >= 0.3 is 12.1 Å². The molecule has 0 saturated carbocycles. The molecule has 0 radical (unpaired) electrons. The van der Waals surface area contributed by atoms with E-state index in [-0.39, 0.29) is 13.0 Å². The Kier molecular flexibility index (Phi) is 6.04. The van der Waals surface area contributed by atoms with Crippen molar-refractivity contribution in [2.24, 2.45) is 0 Å². The van der Waals surface area contributed by atoms with E-state index < -0.39 is 32.6 Å². The number of sulfonamides is 1. The average molecular weight is 387 g/mol. The molecular weight excluding hydrogens is 371 g/mol. The first-order valence-electron chi connectivity index (χ1n) is 7.48. The molecule has 0 aromatic heterocycles. The predicted molar refractivity (Wildman–Crippen MR) is 88.1 cm³/mol. The molecule has 0 atom stereocenters. The smallest absolute Gasteiger partial charge is 0.417 e. The van der Waals surface area contributed by atoms with E-state index in [1.54, 1.807) is 12.1 Å². The number of hydrogen-bond donors (Lipinski definition) is 1. The number of hydrogen-bond acceptors (Lipinski definition) is 4. The lowest BCUT2D eigenvalue weighted by molar-refractivity contribution is -0.139. The summed E-state index contributed by atoms with van der Waals surface area (Å²) in [5.74, 6) is -0.499. The highest BCUT2D eigenvalue weighted by atomic mass is 32.2. The highest BCUT2D eigenvalue weighted by molar-refractivity contribution is 7.89. The van der Waals surface area contributed by atoms with Crippen LogP contribution in [0.15, 0.2) is 53.4 Å². The summed E-state index contributed by atoms with van der Waals surface area (Å²) in [6.45, 7) is -0.0912. The summed E-state index contributed by atoms with van der Waals surface area (Å²) in [5.41, 5.74) is -0.157. The van der Waals surface area contributed by atoms with Gasteiger partial charge in [0.05, 0.1) is 23.1 Å². The van der Waals surface area contributed by atoms with Crippen molar-refractivity contribution in [3.8, 4) is 0 Å². The first-order valence-corrected chi connectivity index (χ1v) is 8.96. The molecule has 0 bridgehead atoms. The maximum atomic E-state index is 13.0. The number of esters is 1. The molecule has 0 spiro atoms. The third-order valence-electron chi connectivity index (χ3n) is 3.56. The lowest BCUT2D eigenvalue weighted by Crippen LogP contribution is -2.28.